The Morgan fingerprint density at radius 3 is 2.86 bits per heavy atom. The summed E-state index contributed by atoms with van der Waals surface area (Å²) in [6.07, 6.45) is 4.57. The Balaban J connectivity index is 2.02. The topological polar surface area (TPSA) is 55.6 Å². The Bertz CT molecular complexity index is 220. The van der Waals surface area contributed by atoms with Gasteiger partial charge in [0.1, 0.15) is 6.61 Å². The van der Waals surface area contributed by atoms with Crippen molar-refractivity contribution in [3.63, 3.8) is 0 Å². The average Bonchev–Trinajstić information content (AvgIpc) is 2.64. The minimum atomic E-state index is -0.143. The standard InChI is InChI=1S/C10H18N2O2/c11-7-8-3-1-2-4-9(8)12-5-6-14-10(12)13/h8-9H,1-7,11H2. The highest BCUT2D eigenvalue weighted by molar-refractivity contribution is 5.69. The van der Waals surface area contributed by atoms with Gasteiger partial charge in [-0.05, 0) is 25.3 Å². The molecule has 1 amide bonds. The van der Waals surface area contributed by atoms with Crippen LogP contribution < -0.4 is 5.73 Å². The second kappa shape index (κ2) is 4.17. The van der Waals surface area contributed by atoms with Crippen molar-refractivity contribution >= 4 is 6.09 Å². The first-order valence-electron chi connectivity index (χ1n) is 5.46. The van der Waals surface area contributed by atoms with Gasteiger partial charge in [0.25, 0.3) is 0 Å². The van der Waals surface area contributed by atoms with Gasteiger partial charge >= 0.3 is 6.09 Å². The van der Waals surface area contributed by atoms with Crippen LogP contribution in [0.3, 0.4) is 0 Å². The lowest BCUT2D eigenvalue weighted by Gasteiger charge is -2.35. The van der Waals surface area contributed by atoms with Crippen molar-refractivity contribution in [3.8, 4) is 0 Å². The molecule has 2 atom stereocenters. The zero-order valence-corrected chi connectivity index (χ0v) is 8.45. The van der Waals surface area contributed by atoms with Crippen LogP contribution in [0, 0.1) is 5.92 Å². The maximum Gasteiger partial charge on any atom is 0.410 e. The third-order valence-electron chi connectivity index (χ3n) is 3.36. The molecule has 0 aromatic carbocycles. The fourth-order valence-corrected chi connectivity index (χ4v) is 2.58. The molecule has 2 rings (SSSR count). The molecule has 4 nitrogen and oxygen atoms in total. The van der Waals surface area contributed by atoms with Crippen molar-refractivity contribution in [2.45, 2.75) is 31.7 Å². The minimum absolute atomic E-state index is 0.143. The van der Waals surface area contributed by atoms with Crippen LogP contribution in [0.5, 0.6) is 0 Å². The molecule has 1 saturated carbocycles. The Hall–Kier alpha value is -0.770. The molecular weight excluding hydrogens is 180 g/mol. The third kappa shape index (κ3) is 1.71. The van der Waals surface area contributed by atoms with Gasteiger partial charge in [0.15, 0.2) is 0 Å². The van der Waals surface area contributed by atoms with Gasteiger partial charge in [0.05, 0.1) is 6.54 Å². The first-order chi connectivity index (χ1) is 6.83. The van der Waals surface area contributed by atoms with Gasteiger partial charge in [-0.3, -0.25) is 0 Å². The zero-order chi connectivity index (χ0) is 9.97. The molecule has 0 spiro atoms. The fraction of sp³-hybridized carbons (Fsp3) is 0.900. The lowest BCUT2D eigenvalue weighted by molar-refractivity contribution is 0.118. The van der Waals surface area contributed by atoms with Gasteiger partial charge in [-0.1, -0.05) is 12.8 Å². The smallest absolute Gasteiger partial charge is 0.410 e. The van der Waals surface area contributed by atoms with Crippen molar-refractivity contribution in [1.29, 1.82) is 0 Å². The number of nitrogens with zero attached hydrogens (tertiary/aromatic N) is 1. The molecule has 1 aliphatic heterocycles. The summed E-state index contributed by atoms with van der Waals surface area (Å²) in [7, 11) is 0. The number of amides is 1. The van der Waals surface area contributed by atoms with E-state index in [1.807, 2.05) is 4.90 Å². The molecule has 14 heavy (non-hydrogen) atoms. The molecule has 0 radical (unpaired) electrons. The fourth-order valence-electron chi connectivity index (χ4n) is 2.58. The maximum absolute atomic E-state index is 11.4. The molecule has 0 aromatic heterocycles. The van der Waals surface area contributed by atoms with Crippen molar-refractivity contribution < 1.29 is 9.53 Å². The van der Waals surface area contributed by atoms with Gasteiger partial charge in [0, 0.05) is 6.04 Å². The molecule has 0 aromatic rings. The lowest BCUT2D eigenvalue weighted by atomic mass is 9.84. The van der Waals surface area contributed by atoms with E-state index >= 15 is 0 Å². The molecule has 1 saturated heterocycles. The maximum atomic E-state index is 11.4. The van der Waals surface area contributed by atoms with Crippen molar-refractivity contribution in [2.24, 2.45) is 11.7 Å². The SMILES string of the molecule is NCC1CCCCC1N1CCOC1=O. The number of carbonyl (C=O) groups is 1. The molecule has 0 bridgehead atoms. The van der Waals surface area contributed by atoms with E-state index in [2.05, 4.69) is 0 Å². The second-order valence-corrected chi connectivity index (χ2v) is 4.16. The number of rotatable bonds is 2. The van der Waals surface area contributed by atoms with Gasteiger partial charge in [0.2, 0.25) is 0 Å². The summed E-state index contributed by atoms with van der Waals surface area (Å²) < 4.78 is 4.96. The third-order valence-corrected chi connectivity index (χ3v) is 3.36. The van der Waals surface area contributed by atoms with Crippen LogP contribution in [-0.4, -0.2) is 36.7 Å². The first kappa shape index (κ1) is 9.77. The molecule has 1 aliphatic carbocycles. The highest BCUT2D eigenvalue weighted by atomic mass is 16.6. The van der Waals surface area contributed by atoms with Crippen LogP contribution in [0.4, 0.5) is 4.79 Å². The summed E-state index contributed by atoms with van der Waals surface area (Å²) in [6.45, 7) is 1.99. The summed E-state index contributed by atoms with van der Waals surface area (Å²) in [4.78, 5) is 13.3. The number of hydrogen-bond donors (Lipinski definition) is 1. The largest absolute Gasteiger partial charge is 0.448 e. The van der Waals surface area contributed by atoms with Gasteiger partial charge < -0.3 is 15.4 Å². The Morgan fingerprint density at radius 2 is 2.21 bits per heavy atom. The van der Waals surface area contributed by atoms with E-state index in [0.717, 1.165) is 19.4 Å². The van der Waals surface area contributed by atoms with Crippen LogP contribution >= 0.6 is 0 Å². The quantitative estimate of drug-likeness (QED) is 0.719. The average molecular weight is 198 g/mol. The normalized spacial score (nSPS) is 33.2. The van der Waals surface area contributed by atoms with Crippen LogP contribution in [0.15, 0.2) is 0 Å². The predicted octanol–water partition coefficient (Wildman–Crippen LogP) is 0.956. The van der Waals surface area contributed by atoms with E-state index in [9.17, 15) is 4.79 Å². The highest BCUT2D eigenvalue weighted by Crippen LogP contribution is 2.29. The van der Waals surface area contributed by atoms with E-state index in [4.69, 9.17) is 10.5 Å². The van der Waals surface area contributed by atoms with Crippen molar-refractivity contribution in [1.82, 2.24) is 4.90 Å². The summed E-state index contributed by atoms with van der Waals surface area (Å²) in [5.74, 6) is 0.481. The number of hydrogen-bond acceptors (Lipinski definition) is 3. The van der Waals surface area contributed by atoms with Crippen molar-refractivity contribution in [3.05, 3.63) is 0 Å². The van der Waals surface area contributed by atoms with E-state index in [0.29, 0.717) is 25.1 Å². The molecule has 2 fully saturated rings. The van der Waals surface area contributed by atoms with E-state index < -0.39 is 0 Å². The van der Waals surface area contributed by atoms with Crippen LogP contribution in [0.25, 0.3) is 0 Å². The number of carbonyl (C=O) groups excluding carboxylic acids is 1. The van der Waals surface area contributed by atoms with Crippen LogP contribution in [0.2, 0.25) is 0 Å². The minimum Gasteiger partial charge on any atom is -0.448 e. The monoisotopic (exact) mass is 198 g/mol. The summed E-state index contributed by atoms with van der Waals surface area (Å²) in [5, 5.41) is 0. The first-order valence-corrected chi connectivity index (χ1v) is 5.46. The van der Waals surface area contributed by atoms with Crippen LogP contribution in [-0.2, 0) is 4.74 Å². The van der Waals surface area contributed by atoms with E-state index in [1.54, 1.807) is 0 Å². The number of ether oxygens (including phenoxy) is 1. The second-order valence-electron chi connectivity index (χ2n) is 4.16. The van der Waals surface area contributed by atoms with E-state index in [1.165, 1.54) is 12.8 Å². The molecule has 1 heterocycles. The molecule has 2 aliphatic rings. The lowest BCUT2D eigenvalue weighted by Crippen LogP contribution is -2.45. The molecule has 4 heteroatoms. The van der Waals surface area contributed by atoms with Gasteiger partial charge in [-0.2, -0.15) is 0 Å². The summed E-state index contributed by atoms with van der Waals surface area (Å²) in [6, 6.07) is 0.337. The zero-order valence-electron chi connectivity index (χ0n) is 8.45. The van der Waals surface area contributed by atoms with Crippen LogP contribution in [0.1, 0.15) is 25.7 Å². The van der Waals surface area contributed by atoms with E-state index in [-0.39, 0.29) is 6.09 Å². The van der Waals surface area contributed by atoms with Gasteiger partial charge in [-0.25, -0.2) is 4.79 Å². The summed E-state index contributed by atoms with van der Waals surface area (Å²) in [5.41, 5.74) is 5.73. The number of nitrogens with two attached hydrogens (primary N) is 1. The summed E-state index contributed by atoms with van der Waals surface area (Å²) >= 11 is 0. The molecular formula is C10H18N2O2. The van der Waals surface area contributed by atoms with Gasteiger partial charge in [-0.15, -0.1) is 0 Å². The highest BCUT2D eigenvalue weighted by Gasteiger charge is 2.35. The Kier molecular flexibility index (Phi) is 2.91. The Labute approximate surface area is 84.4 Å². The molecule has 2 unspecified atom stereocenters. The molecule has 80 valence electrons. The number of cyclic esters (lactones) is 1. The Morgan fingerprint density at radius 1 is 1.43 bits per heavy atom. The predicted molar refractivity (Wildman–Crippen MR) is 52.9 cm³/mol. The van der Waals surface area contributed by atoms with Crippen molar-refractivity contribution in [2.75, 3.05) is 19.7 Å². The molecule has 2 N–H and O–H groups in total.